The van der Waals surface area contributed by atoms with Gasteiger partial charge in [-0.15, -0.1) is 0 Å². The molecule has 0 aromatic heterocycles. The van der Waals surface area contributed by atoms with E-state index in [9.17, 15) is 4.79 Å². The summed E-state index contributed by atoms with van der Waals surface area (Å²) in [6.45, 7) is 0. The summed E-state index contributed by atoms with van der Waals surface area (Å²) < 4.78 is 11.6. The molecular formula is C13H15BrO3. The molecule has 92 valence electrons. The zero-order chi connectivity index (χ0) is 12.3. The van der Waals surface area contributed by atoms with Crippen molar-refractivity contribution in [2.45, 2.75) is 31.8 Å². The van der Waals surface area contributed by atoms with Crippen LogP contribution in [0.3, 0.4) is 0 Å². The second-order valence-corrected chi connectivity index (χ2v) is 5.06. The highest BCUT2D eigenvalue weighted by molar-refractivity contribution is 9.10. The molecule has 4 heteroatoms. The predicted molar refractivity (Wildman–Crippen MR) is 68.1 cm³/mol. The number of fused-ring (bicyclic) bond motifs is 1. The van der Waals surface area contributed by atoms with Crippen LogP contribution in [0.25, 0.3) is 0 Å². The zero-order valence-corrected chi connectivity index (χ0v) is 11.3. The van der Waals surface area contributed by atoms with Crippen LogP contribution in [0.5, 0.6) is 5.75 Å². The third kappa shape index (κ3) is 3.22. The monoisotopic (exact) mass is 298 g/mol. The van der Waals surface area contributed by atoms with Crippen molar-refractivity contribution < 1.29 is 14.3 Å². The maximum atomic E-state index is 11.1. The Bertz CT molecular complexity index is 417. The minimum Gasteiger partial charge on any atom is -0.490 e. The smallest absolute Gasteiger partial charge is 0.305 e. The molecular weight excluding hydrogens is 284 g/mol. The van der Waals surface area contributed by atoms with Crippen molar-refractivity contribution in [3.8, 4) is 5.75 Å². The first-order valence-corrected chi connectivity index (χ1v) is 6.50. The molecule has 0 bridgehead atoms. The fourth-order valence-electron chi connectivity index (χ4n) is 2.00. The summed E-state index contributed by atoms with van der Waals surface area (Å²) in [5, 5.41) is 0. The van der Waals surface area contributed by atoms with E-state index in [1.165, 1.54) is 12.7 Å². The number of carbonyl (C=O) groups is 1. The maximum Gasteiger partial charge on any atom is 0.305 e. The molecule has 1 heterocycles. The quantitative estimate of drug-likeness (QED) is 0.805. The number of hydrogen-bond donors (Lipinski definition) is 0. The molecule has 0 unspecified atom stereocenters. The molecule has 0 saturated heterocycles. The van der Waals surface area contributed by atoms with Gasteiger partial charge in [-0.05, 0) is 43.0 Å². The van der Waals surface area contributed by atoms with E-state index in [0.717, 1.165) is 29.5 Å². The number of aryl methyl sites for hydroxylation is 1. The Morgan fingerprint density at radius 3 is 3.18 bits per heavy atom. The van der Waals surface area contributed by atoms with E-state index in [-0.39, 0.29) is 12.1 Å². The lowest BCUT2D eigenvalue weighted by atomic mass is 10.00. The van der Waals surface area contributed by atoms with Gasteiger partial charge in [-0.1, -0.05) is 15.9 Å². The van der Waals surface area contributed by atoms with Crippen LogP contribution >= 0.6 is 15.9 Å². The van der Waals surface area contributed by atoms with Crippen molar-refractivity contribution >= 4 is 21.9 Å². The Morgan fingerprint density at radius 2 is 2.41 bits per heavy atom. The van der Waals surface area contributed by atoms with Crippen LogP contribution in [-0.4, -0.2) is 19.2 Å². The molecule has 2 rings (SSSR count). The predicted octanol–water partition coefficient (Wildman–Crippen LogP) is 3.10. The zero-order valence-electron chi connectivity index (χ0n) is 9.74. The Labute approximate surface area is 109 Å². The molecule has 0 fully saturated rings. The van der Waals surface area contributed by atoms with Crippen molar-refractivity contribution in [1.29, 1.82) is 0 Å². The van der Waals surface area contributed by atoms with Gasteiger partial charge in [0.05, 0.1) is 13.2 Å². The van der Waals surface area contributed by atoms with Crippen LogP contribution in [0.1, 0.15) is 24.8 Å². The summed E-state index contributed by atoms with van der Waals surface area (Å²) in [5.41, 5.74) is 1.23. The van der Waals surface area contributed by atoms with Gasteiger partial charge in [0.2, 0.25) is 0 Å². The van der Waals surface area contributed by atoms with Gasteiger partial charge >= 0.3 is 5.97 Å². The number of methoxy groups -OCH3 is 1. The van der Waals surface area contributed by atoms with Crippen molar-refractivity contribution in [2.75, 3.05) is 7.11 Å². The Morgan fingerprint density at radius 1 is 1.59 bits per heavy atom. The van der Waals surface area contributed by atoms with E-state index in [0.29, 0.717) is 6.42 Å². The normalized spacial score (nSPS) is 18.1. The van der Waals surface area contributed by atoms with Crippen LogP contribution in [0, 0.1) is 0 Å². The van der Waals surface area contributed by atoms with Gasteiger partial charge in [0, 0.05) is 10.9 Å². The number of rotatable bonds is 3. The highest BCUT2D eigenvalue weighted by Gasteiger charge is 2.20. The molecule has 1 aromatic rings. The lowest BCUT2D eigenvalue weighted by molar-refractivity contribution is -0.141. The Hall–Kier alpha value is -1.03. The van der Waals surface area contributed by atoms with Crippen molar-refractivity contribution in [3.05, 3.63) is 28.2 Å². The lowest BCUT2D eigenvalue weighted by Gasteiger charge is -2.26. The van der Waals surface area contributed by atoms with Crippen molar-refractivity contribution in [1.82, 2.24) is 0 Å². The minimum atomic E-state index is -0.171. The second-order valence-electron chi connectivity index (χ2n) is 4.15. The Balaban J connectivity index is 1.94. The molecule has 0 saturated carbocycles. The number of esters is 1. The SMILES string of the molecule is COC(=O)CC[C@H]1CCc2cc(Br)ccc2O1. The van der Waals surface area contributed by atoms with Gasteiger partial charge in [-0.3, -0.25) is 4.79 Å². The van der Waals surface area contributed by atoms with Crippen LogP contribution in [0.4, 0.5) is 0 Å². The first kappa shape index (κ1) is 12.4. The average molecular weight is 299 g/mol. The molecule has 1 aliphatic heterocycles. The van der Waals surface area contributed by atoms with Crippen LogP contribution in [0.15, 0.2) is 22.7 Å². The number of carbonyl (C=O) groups excluding carboxylic acids is 1. The lowest BCUT2D eigenvalue weighted by Crippen LogP contribution is -2.23. The standard InChI is InChI=1S/C13H15BrO3/c1-16-13(15)7-5-11-4-2-9-8-10(14)3-6-12(9)17-11/h3,6,8,11H,2,4-5,7H2,1H3/t11-/m1/s1. The summed E-state index contributed by atoms with van der Waals surface area (Å²) in [6.07, 6.45) is 3.23. The highest BCUT2D eigenvalue weighted by Crippen LogP contribution is 2.31. The average Bonchev–Trinajstić information content (AvgIpc) is 2.35. The molecule has 3 nitrogen and oxygen atoms in total. The summed E-state index contributed by atoms with van der Waals surface area (Å²) in [6, 6.07) is 6.04. The van der Waals surface area contributed by atoms with Gasteiger partial charge in [0.25, 0.3) is 0 Å². The van der Waals surface area contributed by atoms with E-state index in [2.05, 4.69) is 26.7 Å². The molecule has 0 radical (unpaired) electrons. The molecule has 1 aromatic carbocycles. The minimum absolute atomic E-state index is 0.128. The molecule has 0 spiro atoms. The molecule has 0 N–H and O–H groups in total. The summed E-state index contributed by atoms with van der Waals surface area (Å²) in [4.78, 5) is 11.1. The summed E-state index contributed by atoms with van der Waals surface area (Å²) in [5.74, 6) is 0.768. The number of halogens is 1. The topological polar surface area (TPSA) is 35.5 Å². The van der Waals surface area contributed by atoms with Gasteiger partial charge < -0.3 is 9.47 Å². The largest absolute Gasteiger partial charge is 0.490 e. The van der Waals surface area contributed by atoms with Crippen LogP contribution in [-0.2, 0) is 16.0 Å². The number of ether oxygens (including phenoxy) is 2. The highest BCUT2D eigenvalue weighted by atomic mass is 79.9. The van der Waals surface area contributed by atoms with E-state index in [1.54, 1.807) is 0 Å². The van der Waals surface area contributed by atoms with Crippen molar-refractivity contribution in [2.24, 2.45) is 0 Å². The van der Waals surface area contributed by atoms with E-state index >= 15 is 0 Å². The van der Waals surface area contributed by atoms with Gasteiger partial charge in [0.1, 0.15) is 5.75 Å². The van der Waals surface area contributed by atoms with Gasteiger partial charge in [-0.2, -0.15) is 0 Å². The van der Waals surface area contributed by atoms with E-state index in [1.807, 2.05) is 12.1 Å². The fourth-order valence-corrected chi connectivity index (χ4v) is 2.41. The molecule has 0 aliphatic carbocycles. The first-order valence-electron chi connectivity index (χ1n) is 5.71. The van der Waals surface area contributed by atoms with E-state index in [4.69, 9.17) is 4.74 Å². The van der Waals surface area contributed by atoms with Crippen LogP contribution < -0.4 is 4.74 Å². The Kier molecular flexibility index (Phi) is 4.05. The first-order chi connectivity index (χ1) is 8.19. The summed E-state index contributed by atoms with van der Waals surface area (Å²) >= 11 is 3.45. The molecule has 1 aliphatic rings. The maximum absolute atomic E-state index is 11.1. The third-order valence-electron chi connectivity index (χ3n) is 2.95. The third-order valence-corrected chi connectivity index (χ3v) is 3.44. The molecule has 17 heavy (non-hydrogen) atoms. The van der Waals surface area contributed by atoms with Crippen LogP contribution in [0.2, 0.25) is 0 Å². The summed E-state index contributed by atoms with van der Waals surface area (Å²) in [7, 11) is 1.41. The van der Waals surface area contributed by atoms with Gasteiger partial charge in [0.15, 0.2) is 0 Å². The molecule has 0 amide bonds. The number of benzene rings is 1. The second kappa shape index (κ2) is 5.54. The van der Waals surface area contributed by atoms with Gasteiger partial charge in [-0.25, -0.2) is 0 Å². The number of hydrogen-bond acceptors (Lipinski definition) is 3. The fraction of sp³-hybridized carbons (Fsp3) is 0.462. The van der Waals surface area contributed by atoms with Crippen molar-refractivity contribution in [3.63, 3.8) is 0 Å². The van der Waals surface area contributed by atoms with E-state index < -0.39 is 0 Å². The molecule has 1 atom stereocenters.